The Morgan fingerprint density at radius 2 is 1.81 bits per heavy atom. The summed E-state index contributed by atoms with van der Waals surface area (Å²) in [5.74, 6) is -2.20. The molecule has 208 valence electrons. The molecule has 3 aliphatic rings. The SMILES string of the molecule is C=CCN(CCC)C(=O)[C@H]1[C@H]2C(=O)N([C@@H](CO)C(C)C)C(C(=O)N(CC=C)C(C)(C)C)C23CC[C@]1(C)O3. The summed E-state index contributed by atoms with van der Waals surface area (Å²) in [4.78, 5) is 47.9. The zero-order chi connectivity index (χ0) is 27.9. The summed E-state index contributed by atoms with van der Waals surface area (Å²) in [5.41, 5.74) is -2.49. The topological polar surface area (TPSA) is 90.4 Å². The van der Waals surface area contributed by atoms with Gasteiger partial charge in [-0.1, -0.05) is 32.9 Å². The molecule has 0 saturated carbocycles. The molecule has 2 unspecified atom stereocenters. The molecule has 37 heavy (non-hydrogen) atoms. The standard InChI is InChI=1S/C29H47N3O5/c1-10-15-30(16-11-2)24(34)21-22-25(35)32(20(18-33)19(4)5)23(29(22)14-13-28(21,9)37-29)26(36)31(17-12-3)27(6,7)8/h10,12,19-23,33H,1,3,11,13-18H2,2,4-9H3/t20-,21+,22-,23?,28-,29?/m0/s1. The maximum atomic E-state index is 14.4. The van der Waals surface area contributed by atoms with Gasteiger partial charge in [-0.2, -0.15) is 0 Å². The lowest BCUT2D eigenvalue weighted by Gasteiger charge is -2.44. The van der Waals surface area contributed by atoms with Crippen molar-refractivity contribution in [2.75, 3.05) is 26.2 Å². The largest absolute Gasteiger partial charge is 0.394 e. The summed E-state index contributed by atoms with van der Waals surface area (Å²) in [5, 5.41) is 10.4. The summed E-state index contributed by atoms with van der Waals surface area (Å²) >= 11 is 0. The van der Waals surface area contributed by atoms with E-state index in [1.807, 2.05) is 48.5 Å². The number of rotatable bonds is 11. The summed E-state index contributed by atoms with van der Waals surface area (Å²) in [6, 6.07) is -1.50. The molecule has 0 aliphatic carbocycles. The van der Waals surface area contributed by atoms with E-state index in [4.69, 9.17) is 4.74 Å². The van der Waals surface area contributed by atoms with Crippen LogP contribution < -0.4 is 0 Å². The lowest BCUT2D eigenvalue weighted by molar-refractivity contribution is -0.159. The molecule has 3 aliphatic heterocycles. The van der Waals surface area contributed by atoms with Crippen LogP contribution in [0.1, 0.15) is 67.7 Å². The monoisotopic (exact) mass is 517 g/mol. The van der Waals surface area contributed by atoms with Crippen LogP contribution in [-0.2, 0) is 19.1 Å². The fourth-order valence-corrected chi connectivity index (χ4v) is 6.88. The lowest BCUT2D eigenvalue weighted by atomic mass is 9.66. The fraction of sp³-hybridized carbons (Fsp3) is 0.759. The predicted octanol–water partition coefficient (Wildman–Crippen LogP) is 3.01. The number of amides is 3. The van der Waals surface area contributed by atoms with Crippen LogP contribution in [0.3, 0.4) is 0 Å². The van der Waals surface area contributed by atoms with Gasteiger partial charge in [-0.3, -0.25) is 14.4 Å². The zero-order valence-corrected chi connectivity index (χ0v) is 23.8. The Morgan fingerprint density at radius 1 is 1.19 bits per heavy atom. The molecule has 3 amide bonds. The highest BCUT2D eigenvalue weighted by Gasteiger charge is 2.79. The fourth-order valence-electron chi connectivity index (χ4n) is 6.88. The third-order valence-electron chi connectivity index (χ3n) is 8.57. The van der Waals surface area contributed by atoms with Crippen molar-refractivity contribution in [2.45, 2.75) is 96.6 Å². The minimum atomic E-state index is -1.12. The Balaban J connectivity index is 2.19. The molecule has 6 atom stereocenters. The van der Waals surface area contributed by atoms with Gasteiger partial charge in [0.25, 0.3) is 0 Å². The average molecular weight is 518 g/mol. The first-order valence-electron chi connectivity index (χ1n) is 13.7. The van der Waals surface area contributed by atoms with Gasteiger partial charge in [0.15, 0.2) is 0 Å². The number of carbonyl (C=O) groups excluding carboxylic acids is 3. The van der Waals surface area contributed by atoms with Crippen LogP contribution in [0.15, 0.2) is 25.3 Å². The van der Waals surface area contributed by atoms with Crippen molar-refractivity contribution in [3.63, 3.8) is 0 Å². The molecule has 0 aromatic carbocycles. The van der Waals surface area contributed by atoms with E-state index >= 15 is 0 Å². The highest BCUT2D eigenvalue weighted by molar-refractivity contribution is 5.99. The summed E-state index contributed by atoms with van der Waals surface area (Å²) < 4.78 is 6.77. The van der Waals surface area contributed by atoms with Gasteiger partial charge < -0.3 is 24.5 Å². The quantitative estimate of drug-likeness (QED) is 0.426. The lowest BCUT2D eigenvalue weighted by Crippen LogP contribution is -2.62. The maximum absolute atomic E-state index is 14.4. The van der Waals surface area contributed by atoms with Crippen molar-refractivity contribution in [1.82, 2.24) is 14.7 Å². The molecule has 8 nitrogen and oxygen atoms in total. The van der Waals surface area contributed by atoms with Gasteiger partial charge in [-0.25, -0.2) is 0 Å². The van der Waals surface area contributed by atoms with Gasteiger partial charge in [0.05, 0.1) is 30.1 Å². The van der Waals surface area contributed by atoms with E-state index in [2.05, 4.69) is 13.2 Å². The Morgan fingerprint density at radius 3 is 2.30 bits per heavy atom. The van der Waals surface area contributed by atoms with Crippen molar-refractivity contribution in [1.29, 1.82) is 0 Å². The van der Waals surface area contributed by atoms with Crippen molar-refractivity contribution < 1.29 is 24.2 Å². The Hall–Kier alpha value is -2.19. The van der Waals surface area contributed by atoms with E-state index < -0.39 is 40.7 Å². The number of likely N-dealkylation sites (tertiary alicyclic amines) is 1. The smallest absolute Gasteiger partial charge is 0.249 e. The van der Waals surface area contributed by atoms with Crippen LogP contribution in [0, 0.1) is 17.8 Å². The number of aliphatic hydroxyl groups is 1. The number of hydrogen-bond donors (Lipinski definition) is 1. The van der Waals surface area contributed by atoms with E-state index in [1.54, 1.807) is 26.9 Å². The van der Waals surface area contributed by atoms with Crippen molar-refractivity contribution in [3.8, 4) is 0 Å². The Labute approximate surface area is 222 Å². The van der Waals surface area contributed by atoms with Crippen LogP contribution in [0.25, 0.3) is 0 Å². The molecule has 0 aromatic heterocycles. The first-order chi connectivity index (χ1) is 17.3. The van der Waals surface area contributed by atoms with E-state index in [9.17, 15) is 19.5 Å². The maximum Gasteiger partial charge on any atom is 0.249 e. The average Bonchev–Trinajstić information content (AvgIpc) is 3.37. The third kappa shape index (κ3) is 4.65. The van der Waals surface area contributed by atoms with Crippen LogP contribution in [-0.4, -0.2) is 92.6 Å². The molecule has 0 aromatic rings. The van der Waals surface area contributed by atoms with E-state index in [0.29, 0.717) is 32.5 Å². The minimum absolute atomic E-state index is 0.0961. The first kappa shape index (κ1) is 29.4. The number of carbonyl (C=O) groups is 3. The van der Waals surface area contributed by atoms with Gasteiger partial charge in [-0.15, -0.1) is 13.2 Å². The van der Waals surface area contributed by atoms with Gasteiger partial charge in [0, 0.05) is 25.2 Å². The molecule has 2 bridgehead atoms. The molecular formula is C29H47N3O5. The van der Waals surface area contributed by atoms with Crippen LogP contribution in [0.4, 0.5) is 0 Å². The molecule has 3 heterocycles. The number of fused-ring (bicyclic) bond motifs is 1. The molecule has 1 N–H and O–H groups in total. The molecule has 1 spiro atoms. The highest BCUT2D eigenvalue weighted by Crippen LogP contribution is 2.64. The molecule has 3 fully saturated rings. The second-order valence-corrected chi connectivity index (χ2v) is 12.4. The van der Waals surface area contributed by atoms with Crippen molar-refractivity contribution in [3.05, 3.63) is 25.3 Å². The van der Waals surface area contributed by atoms with Crippen LogP contribution in [0.2, 0.25) is 0 Å². The number of nitrogens with zero attached hydrogens (tertiary/aromatic N) is 3. The second kappa shape index (κ2) is 10.5. The number of ether oxygens (including phenoxy) is 1. The first-order valence-corrected chi connectivity index (χ1v) is 13.7. The molecular weight excluding hydrogens is 470 g/mol. The van der Waals surface area contributed by atoms with Gasteiger partial charge in [0.1, 0.15) is 11.6 Å². The highest BCUT2D eigenvalue weighted by atomic mass is 16.5. The van der Waals surface area contributed by atoms with Crippen LogP contribution in [0.5, 0.6) is 0 Å². The van der Waals surface area contributed by atoms with E-state index in [-0.39, 0.29) is 30.2 Å². The normalized spacial score (nSPS) is 31.4. The Bertz CT molecular complexity index is 927. The third-order valence-corrected chi connectivity index (χ3v) is 8.57. The number of hydrogen-bond acceptors (Lipinski definition) is 5. The van der Waals surface area contributed by atoms with Gasteiger partial charge in [-0.05, 0) is 52.9 Å². The zero-order valence-electron chi connectivity index (χ0n) is 23.8. The summed E-state index contributed by atoms with van der Waals surface area (Å²) in [6.07, 6.45) is 5.26. The van der Waals surface area contributed by atoms with E-state index in [0.717, 1.165) is 6.42 Å². The summed E-state index contributed by atoms with van der Waals surface area (Å²) in [7, 11) is 0. The van der Waals surface area contributed by atoms with Crippen molar-refractivity contribution in [2.24, 2.45) is 17.8 Å². The molecule has 3 saturated heterocycles. The minimum Gasteiger partial charge on any atom is -0.394 e. The molecule has 3 rings (SSSR count). The number of aliphatic hydroxyl groups excluding tert-OH is 1. The second-order valence-electron chi connectivity index (χ2n) is 12.4. The van der Waals surface area contributed by atoms with Crippen LogP contribution >= 0.6 is 0 Å². The summed E-state index contributed by atoms with van der Waals surface area (Å²) in [6.45, 7) is 22.3. The van der Waals surface area contributed by atoms with Gasteiger partial charge in [0.2, 0.25) is 17.7 Å². The van der Waals surface area contributed by atoms with Gasteiger partial charge >= 0.3 is 0 Å². The Kier molecular flexibility index (Phi) is 8.35. The molecule has 0 radical (unpaired) electrons. The molecule has 8 heteroatoms. The predicted molar refractivity (Wildman–Crippen MR) is 144 cm³/mol. The van der Waals surface area contributed by atoms with Crippen molar-refractivity contribution >= 4 is 17.7 Å². The van der Waals surface area contributed by atoms with E-state index in [1.165, 1.54) is 0 Å².